The van der Waals surface area contributed by atoms with E-state index in [0.29, 0.717) is 19.5 Å². The van der Waals surface area contributed by atoms with E-state index in [-0.39, 0.29) is 25.2 Å². The highest BCUT2D eigenvalue weighted by molar-refractivity contribution is 5.76. The van der Waals surface area contributed by atoms with Gasteiger partial charge in [0.1, 0.15) is 0 Å². The molecule has 0 aromatic rings. The van der Waals surface area contributed by atoms with Crippen molar-refractivity contribution in [2.24, 2.45) is 0 Å². The zero-order valence-corrected chi connectivity index (χ0v) is 8.98. The second kappa shape index (κ2) is 6.76. The first-order valence-corrected chi connectivity index (χ1v) is 5.50. The largest absolute Gasteiger partial charge is 0.395 e. The standard InChI is InChI=1S/C10H20N2O3/c13-6-4-12(5-7-14)9-2-1-3-11-10(15)8-9/h9,13-14H,1-8H2,(H,11,15). The second-order valence-electron chi connectivity index (χ2n) is 3.83. The maximum atomic E-state index is 11.3. The van der Waals surface area contributed by atoms with Gasteiger partial charge >= 0.3 is 0 Å². The molecule has 1 fully saturated rings. The normalized spacial score (nSPS) is 22.6. The summed E-state index contributed by atoms with van der Waals surface area (Å²) in [4.78, 5) is 13.3. The highest BCUT2D eigenvalue weighted by Crippen LogP contribution is 2.13. The van der Waals surface area contributed by atoms with Crippen molar-refractivity contribution in [1.29, 1.82) is 0 Å². The number of hydrogen-bond donors (Lipinski definition) is 3. The molecule has 0 spiro atoms. The van der Waals surface area contributed by atoms with E-state index in [9.17, 15) is 4.79 Å². The lowest BCUT2D eigenvalue weighted by atomic mass is 10.1. The number of carbonyl (C=O) groups is 1. The van der Waals surface area contributed by atoms with Crippen molar-refractivity contribution >= 4 is 5.91 Å². The lowest BCUT2D eigenvalue weighted by molar-refractivity contribution is -0.121. The molecule has 0 aromatic heterocycles. The summed E-state index contributed by atoms with van der Waals surface area (Å²) in [6.45, 7) is 1.93. The summed E-state index contributed by atoms with van der Waals surface area (Å²) in [6.07, 6.45) is 2.38. The Morgan fingerprint density at radius 3 is 2.60 bits per heavy atom. The van der Waals surface area contributed by atoms with Crippen molar-refractivity contribution in [3.05, 3.63) is 0 Å². The number of hydrogen-bond acceptors (Lipinski definition) is 4. The monoisotopic (exact) mass is 216 g/mol. The maximum absolute atomic E-state index is 11.3. The van der Waals surface area contributed by atoms with Crippen LogP contribution in [0.2, 0.25) is 0 Å². The average Bonchev–Trinajstić information content (AvgIpc) is 2.42. The molecular formula is C10H20N2O3. The number of nitrogens with zero attached hydrogens (tertiary/aromatic N) is 1. The van der Waals surface area contributed by atoms with Crippen LogP contribution in [0.3, 0.4) is 0 Å². The fourth-order valence-corrected chi connectivity index (χ4v) is 2.00. The highest BCUT2D eigenvalue weighted by Gasteiger charge is 2.22. The summed E-state index contributed by atoms with van der Waals surface area (Å²) in [5.41, 5.74) is 0. The molecule has 1 amide bonds. The molecule has 1 atom stereocenters. The van der Waals surface area contributed by atoms with Crippen LogP contribution in [0.5, 0.6) is 0 Å². The quantitative estimate of drug-likeness (QED) is 0.548. The molecule has 5 nitrogen and oxygen atoms in total. The van der Waals surface area contributed by atoms with E-state index < -0.39 is 0 Å². The SMILES string of the molecule is O=C1CC(N(CCO)CCO)CCCN1. The molecule has 0 aromatic carbocycles. The van der Waals surface area contributed by atoms with E-state index in [1.165, 1.54) is 0 Å². The topological polar surface area (TPSA) is 72.8 Å². The Kier molecular flexibility index (Phi) is 5.60. The summed E-state index contributed by atoms with van der Waals surface area (Å²) in [7, 11) is 0. The first kappa shape index (κ1) is 12.4. The van der Waals surface area contributed by atoms with Crippen LogP contribution in [-0.2, 0) is 4.79 Å². The molecule has 15 heavy (non-hydrogen) atoms. The fourth-order valence-electron chi connectivity index (χ4n) is 2.00. The Hall–Kier alpha value is -0.650. The zero-order chi connectivity index (χ0) is 11.1. The van der Waals surface area contributed by atoms with Crippen molar-refractivity contribution in [1.82, 2.24) is 10.2 Å². The number of aliphatic hydroxyl groups is 2. The minimum Gasteiger partial charge on any atom is -0.395 e. The molecular weight excluding hydrogens is 196 g/mol. The predicted octanol–water partition coefficient (Wildman–Crippen LogP) is -1.06. The van der Waals surface area contributed by atoms with Crippen molar-refractivity contribution < 1.29 is 15.0 Å². The third-order valence-corrected chi connectivity index (χ3v) is 2.75. The summed E-state index contributed by atoms with van der Waals surface area (Å²) in [5.74, 6) is 0.0679. The summed E-state index contributed by atoms with van der Waals surface area (Å²) >= 11 is 0. The van der Waals surface area contributed by atoms with Gasteiger partial charge in [0, 0.05) is 32.1 Å². The number of carbonyl (C=O) groups excluding carboxylic acids is 1. The van der Waals surface area contributed by atoms with E-state index in [0.717, 1.165) is 19.4 Å². The third-order valence-electron chi connectivity index (χ3n) is 2.75. The van der Waals surface area contributed by atoms with E-state index in [1.54, 1.807) is 0 Å². The molecule has 0 saturated carbocycles. The van der Waals surface area contributed by atoms with E-state index in [1.807, 2.05) is 4.90 Å². The minimum atomic E-state index is 0.0676. The van der Waals surface area contributed by atoms with Crippen LogP contribution in [0.4, 0.5) is 0 Å². The van der Waals surface area contributed by atoms with E-state index in [4.69, 9.17) is 10.2 Å². The highest BCUT2D eigenvalue weighted by atomic mass is 16.3. The molecule has 88 valence electrons. The second-order valence-corrected chi connectivity index (χ2v) is 3.83. The van der Waals surface area contributed by atoms with Gasteiger partial charge in [-0.3, -0.25) is 9.69 Å². The van der Waals surface area contributed by atoms with Crippen molar-refractivity contribution in [2.45, 2.75) is 25.3 Å². The summed E-state index contributed by atoms with van der Waals surface area (Å²) in [6, 6.07) is 0.159. The number of amides is 1. The van der Waals surface area contributed by atoms with Gasteiger partial charge in [0.05, 0.1) is 13.2 Å². The molecule has 3 N–H and O–H groups in total. The lowest BCUT2D eigenvalue weighted by Crippen LogP contribution is -2.40. The van der Waals surface area contributed by atoms with E-state index in [2.05, 4.69) is 5.32 Å². The van der Waals surface area contributed by atoms with Crippen LogP contribution < -0.4 is 5.32 Å². The molecule has 5 heteroatoms. The molecule has 1 heterocycles. The Balaban J connectivity index is 2.51. The molecule has 0 bridgehead atoms. The van der Waals surface area contributed by atoms with Crippen LogP contribution in [0, 0.1) is 0 Å². The van der Waals surface area contributed by atoms with Gasteiger partial charge in [-0.15, -0.1) is 0 Å². The smallest absolute Gasteiger partial charge is 0.221 e. The third kappa shape index (κ3) is 4.15. The van der Waals surface area contributed by atoms with Crippen LogP contribution >= 0.6 is 0 Å². The van der Waals surface area contributed by atoms with Gasteiger partial charge in [-0.1, -0.05) is 0 Å². The average molecular weight is 216 g/mol. The van der Waals surface area contributed by atoms with Gasteiger partial charge in [-0.05, 0) is 12.8 Å². The Morgan fingerprint density at radius 1 is 1.33 bits per heavy atom. The predicted molar refractivity (Wildman–Crippen MR) is 56.4 cm³/mol. The van der Waals surface area contributed by atoms with E-state index >= 15 is 0 Å². The molecule has 1 saturated heterocycles. The van der Waals surface area contributed by atoms with Gasteiger partial charge in [0.25, 0.3) is 0 Å². The number of aliphatic hydroxyl groups excluding tert-OH is 2. The summed E-state index contributed by atoms with van der Waals surface area (Å²) < 4.78 is 0. The molecule has 1 rings (SSSR count). The first-order chi connectivity index (χ1) is 7.27. The molecule has 1 aliphatic rings. The van der Waals surface area contributed by atoms with Crippen LogP contribution in [-0.4, -0.2) is 59.9 Å². The summed E-state index contributed by atoms with van der Waals surface area (Å²) in [5, 5.41) is 20.6. The van der Waals surface area contributed by atoms with Gasteiger partial charge in [-0.2, -0.15) is 0 Å². The van der Waals surface area contributed by atoms with Crippen molar-refractivity contribution in [3.8, 4) is 0 Å². The number of rotatable bonds is 5. The maximum Gasteiger partial charge on any atom is 0.221 e. The fraction of sp³-hybridized carbons (Fsp3) is 0.900. The Labute approximate surface area is 90.1 Å². The van der Waals surface area contributed by atoms with Gasteiger partial charge in [-0.25, -0.2) is 0 Å². The zero-order valence-electron chi connectivity index (χ0n) is 8.98. The minimum absolute atomic E-state index is 0.0676. The van der Waals surface area contributed by atoms with Crippen LogP contribution in [0.1, 0.15) is 19.3 Å². The van der Waals surface area contributed by atoms with Crippen molar-refractivity contribution in [3.63, 3.8) is 0 Å². The number of nitrogens with one attached hydrogen (secondary N) is 1. The molecule has 0 aliphatic carbocycles. The Bertz CT molecular complexity index is 193. The first-order valence-electron chi connectivity index (χ1n) is 5.50. The van der Waals surface area contributed by atoms with Crippen molar-refractivity contribution in [2.75, 3.05) is 32.8 Å². The van der Waals surface area contributed by atoms with Crippen LogP contribution in [0.15, 0.2) is 0 Å². The lowest BCUT2D eigenvalue weighted by Gasteiger charge is -2.28. The molecule has 1 unspecified atom stereocenters. The Morgan fingerprint density at radius 2 is 2.00 bits per heavy atom. The molecule has 0 radical (unpaired) electrons. The van der Waals surface area contributed by atoms with Gasteiger partial charge in [0.2, 0.25) is 5.91 Å². The molecule has 1 aliphatic heterocycles. The van der Waals surface area contributed by atoms with Crippen LogP contribution in [0.25, 0.3) is 0 Å². The van der Waals surface area contributed by atoms with Gasteiger partial charge in [0.15, 0.2) is 0 Å². The van der Waals surface area contributed by atoms with Gasteiger partial charge < -0.3 is 15.5 Å².